The zero-order chi connectivity index (χ0) is 23.2. The van der Waals surface area contributed by atoms with E-state index >= 15 is 0 Å². The monoisotopic (exact) mass is 439 g/mol. The molecule has 1 N–H and O–H groups in total. The second kappa shape index (κ2) is 9.52. The van der Waals surface area contributed by atoms with E-state index in [2.05, 4.69) is 10.5 Å². The van der Waals surface area contributed by atoms with E-state index in [1.165, 1.54) is 24.4 Å². The van der Waals surface area contributed by atoms with E-state index < -0.39 is 10.9 Å². The molecule has 8 heteroatoms. The molecule has 0 saturated carbocycles. The highest BCUT2D eigenvalue weighted by Crippen LogP contribution is 2.18. The molecule has 4 rings (SSSR count). The van der Waals surface area contributed by atoms with E-state index in [9.17, 15) is 19.7 Å². The van der Waals surface area contributed by atoms with Gasteiger partial charge in [0.25, 0.3) is 11.6 Å². The summed E-state index contributed by atoms with van der Waals surface area (Å²) >= 11 is 0. The van der Waals surface area contributed by atoms with Gasteiger partial charge in [0.2, 0.25) is 0 Å². The highest BCUT2D eigenvalue weighted by atomic mass is 16.6. The fraction of sp³-hybridized carbons (Fsp3) is 0. The van der Waals surface area contributed by atoms with Crippen LogP contribution in [0.3, 0.4) is 0 Å². The first-order valence-electron chi connectivity index (χ1n) is 9.88. The van der Waals surface area contributed by atoms with Crippen molar-refractivity contribution in [2.75, 3.05) is 0 Å². The Morgan fingerprint density at radius 2 is 1.61 bits per heavy atom. The van der Waals surface area contributed by atoms with Gasteiger partial charge in [-0.3, -0.25) is 14.9 Å². The van der Waals surface area contributed by atoms with Crippen LogP contribution in [0.4, 0.5) is 5.69 Å². The van der Waals surface area contributed by atoms with Gasteiger partial charge in [0.05, 0.1) is 16.7 Å². The minimum Gasteiger partial charge on any atom is -0.423 e. The molecule has 0 aromatic heterocycles. The Hall–Kier alpha value is -4.85. The standard InChI is InChI=1S/C25H17N3O5/c29-24(20-11-10-18-4-1-2-5-19(18)14-20)27-26-16-17-8-12-23(13-9-17)33-25(30)21-6-3-7-22(15-21)28(31)32/h1-16H,(H,27,29)/b26-16-. The van der Waals surface area contributed by atoms with Crippen LogP contribution < -0.4 is 10.2 Å². The molecular weight excluding hydrogens is 422 g/mol. The highest BCUT2D eigenvalue weighted by molar-refractivity contribution is 5.99. The van der Waals surface area contributed by atoms with Crippen LogP contribution in [-0.4, -0.2) is 23.0 Å². The van der Waals surface area contributed by atoms with Gasteiger partial charge in [0.1, 0.15) is 5.75 Å². The van der Waals surface area contributed by atoms with E-state index in [4.69, 9.17) is 4.74 Å². The lowest BCUT2D eigenvalue weighted by Crippen LogP contribution is -2.17. The number of nitro benzene ring substituents is 1. The van der Waals surface area contributed by atoms with E-state index in [0.29, 0.717) is 11.1 Å². The SMILES string of the molecule is O=C(N/N=C\c1ccc(OC(=O)c2cccc([N+](=O)[O-])c2)cc1)c1ccc2ccccc2c1. The van der Waals surface area contributed by atoms with Gasteiger partial charge in [-0.2, -0.15) is 5.10 Å². The molecule has 33 heavy (non-hydrogen) atoms. The number of esters is 1. The Balaban J connectivity index is 1.36. The molecule has 0 fully saturated rings. The van der Waals surface area contributed by atoms with E-state index in [1.807, 2.05) is 30.3 Å². The Morgan fingerprint density at radius 1 is 0.848 bits per heavy atom. The molecule has 1 amide bonds. The van der Waals surface area contributed by atoms with Crippen LogP contribution in [0.1, 0.15) is 26.3 Å². The number of hydrogen-bond acceptors (Lipinski definition) is 6. The number of ether oxygens (including phenoxy) is 1. The number of carbonyl (C=O) groups is 2. The first-order chi connectivity index (χ1) is 16.0. The second-order valence-corrected chi connectivity index (χ2v) is 7.03. The molecule has 0 unspecified atom stereocenters. The third kappa shape index (κ3) is 5.26. The highest BCUT2D eigenvalue weighted by Gasteiger charge is 2.13. The number of nitrogens with zero attached hydrogens (tertiary/aromatic N) is 2. The first-order valence-corrected chi connectivity index (χ1v) is 9.88. The van der Waals surface area contributed by atoms with Crippen LogP contribution in [0.15, 0.2) is 96.1 Å². The van der Waals surface area contributed by atoms with Crippen LogP contribution in [-0.2, 0) is 0 Å². The van der Waals surface area contributed by atoms with Gasteiger partial charge in [-0.1, -0.05) is 36.4 Å². The maximum Gasteiger partial charge on any atom is 0.343 e. The zero-order valence-electron chi connectivity index (χ0n) is 17.2. The van der Waals surface area contributed by atoms with Gasteiger partial charge in [-0.25, -0.2) is 10.2 Å². The molecule has 0 atom stereocenters. The molecule has 0 heterocycles. The third-order valence-corrected chi connectivity index (χ3v) is 4.77. The van der Waals surface area contributed by atoms with E-state index in [0.717, 1.165) is 16.8 Å². The molecule has 162 valence electrons. The molecule has 0 bridgehead atoms. The number of hydrogen-bond donors (Lipinski definition) is 1. The van der Waals surface area contributed by atoms with Crippen molar-refractivity contribution in [3.8, 4) is 5.75 Å². The Morgan fingerprint density at radius 3 is 2.36 bits per heavy atom. The van der Waals surface area contributed by atoms with Crippen LogP contribution in [0.2, 0.25) is 0 Å². The van der Waals surface area contributed by atoms with Gasteiger partial charge in [0, 0.05) is 17.7 Å². The number of carbonyl (C=O) groups excluding carboxylic acids is 2. The molecule has 0 radical (unpaired) electrons. The number of rotatable bonds is 6. The number of fused-ring (bicyclic) bond motifs is 1. The quantitative estimate of drug-likeness (QED) is 0.153. The summed E-state index contributed by atoms with van der Waals surface area (Å²) in [5, 5.41) is 16.8. The van der Waals surface area contributed by atoms with Crippen LogP contribution >= 0.6 is 0 Å². The lowest BCUT2D eigenvalue weighted by atomic mass is 10.1. The van der Waals surface area contributed by atoms with E-state index in [1.54, 1.807) is 36.4 Å². The van der Waals surface area contributed by atoms with Crippen molar-refractivity contribution in [2.45, 2.75) is 0 Å². The molecule has 4 aromatic carbocycles. The summed E-state index contributed by atoms with van der Waals surface area (Å²) in [4.78, 5) is 34.8. The number of amides is 1. The molecule has 0 aliphatic heterocycles. The van der Waals surface area contributed by atoms with Crippen molar-refractivity contribution in [1.82, 2.24) is 5.43 Å². The second-order valence-electron chi connectivity index (χ2n) is 7.03. The number of hydrazone groups is 1. The normalized spacial score (nSPS) is 10.8. The predicted octanol–water partition coefficient (Wildman–Crippen LogP) is 4.73. The fourth-order valence-corrected chi connectivity index (χ4v) is 3.09. The minimum atomic E-state index is -0.706. The molecule has 4 aromatic rings. The summed E-state index contributed by atoms with van der Waals surface area (Å²) in [5.74, 6) is -0.772. The van der Waals surface area contributed by atoms with Crippen molar-refractivity contribution in [1.29, 1.82) is 0 Å². The molecular formula is C25H17N3O5. The largest absolute Gasteiger partial charge is 0.423 e. The topological polar surface area (TPSA) is 111 Å². The lowest BCUT2D eigenvalue weighted by Gasteiger charge is -2.05. The van der Waals surface area contributed by atoms with E-state index in [-0.39, 0.29) is 22.9 Å². The van der Waals surface area contributed by atoms with Gasteiger partial charge in [-0.15, -0.1) is 0 Å². The summed E-state index contributed by atoms with van der Waals surface area (Å²) < 4.78 is 5.25. The molecule has 0 saturated heterocycles. The van der Waals surface area contributed by atoms with Crippen molar-refractivity contribution < 1.29 is 19.2 Å². The lowest BCUT2D eigenvalue weighted by molar-refractivity contribution is -0.384. The molecule has 0 spiro atoms. The van der Waals surface area contributed by atoms with Crippen molar-refractivity contribution in [3.63, 3.8) is 0 Å². The number of non-ortho nitro benzene ring substituents is 1. The van der Waals surface area contributed by atoms with Crippen LogP contribution in [0, 0.1) is 10.1 Å². The Labute approximate surface area is 188 Å². The summed E-state index contributed by atoms with van der Waals surface area (Å²) in [5.41, 5.74) is 3.53. The average molecular weight is 439 g/mol. The minimum absolute atomic E-state index is 0.0752. The Bertz CT molecular complexity index is 1380. The summed E-state index contributed by atoms with van der Waals surface area (Å²) in [7, 11) is 0. The van der Waals surface area contributed by atoms with Crippen LogP contribution in [0.25, 0.3) is 10.8 Å². The van der Waals surface area contributed by atoms with Gasteiger partial charge >= 0.3 is 5.97 Å². The predicted molar refractivity (Wildman–Crippen MR) is 124 cm³/mol. The van der Waals surface area contributed by atoms with Gasteiger partial charge in [-0.05, 0) is 58.8 Å². The number of benzene rings is 4. The molecule has 8 nitrogen and oxygen atoms in total. The Kier molecular flexibility index (Phi) is 6.17. The molecule has 0 aliphatic carbocycles. The summed E-state index contributed by atoms with van der Waals surface area (Å²) in [6.07, 6.45) is 1.46. The maximum atomic E-state index is 12.3. The van der Waals surface area contributed by atoms with Crippen molar-refractivity contribution in [2.24, 2.45) is 5.10 Å². The van der Waals surface area contributed by atoms with Crippen LogP contribution in [0.5, 0.6) is 5.75 Å². The smallest absolute Gasteiger partial charge is 0.343 e. The summed E-state index contributed by atoms with van der Waals surface area (Å²) in [6, 6.07) is 24.9. The summed E-state index contributed by atoms with van der Waals surface area (Å²) in [6.45, 7) is 0. The number of nitrogens with one attached hydrogen (secondary N) is 1. The molecule has 0 aliphatic rings. The first kappa shape index (κ1) is 21.4. The zero-order valence-corrected chi connectivity index (χ0v) is 17.2. The van der Waals surface area contributed by atoms with Crippen molar-refractivity contribution in [3.05, 3.63) is 118 Å². The third-order valence-electron chi connectivity index (χ3n) is 4.77. The fourth-order valence-electron chi connectivity index (χ4n) is 3.09. The average Bonchev–Trinajstić information content (AvgIpc) is 2.84. The van der Waals surface area contributed by atoms with Gasteiger partial charge < -0.3 is 4.74 Å². The van der Waals surface area contributed by atoms with Gasteiger partial charge in [0.15, 0.2) is 0 Å². The van der Waals surface area contributed by atoms with Crippen molar-refractivity contribution >= 4 is 34.6 Å². The maximum absolute atomic E-state index is 12.3. The number of nitro groups is 1.